The Labute approximate surface area is 137 Å². The topological polar surface area (TPSA) is 93.5 Å². The van der Waals surface area contributed by atoms with Gasteiger partial charge in [0.25, 0.3) is 0 Å². The van der Waals surface area contributed by atoms with Crippen molar-refractivity contribution in [2.45, 2.75) is 32.7 Å². The quantitative estimate of drug-likeness (QED) is 0.714. The molecule has 22 heavy (non-hydrogen) atoms. The van der Waals surface area contributed by atoms with Crippen LogP contribution in [0.3, 0.4) is 0 Å². The largest absolute Gasteiger partial charge is 0.383 e. The molecule has 0 aliphatic rings. The number of methoxy groups -OCH3 is 1. The molecule has 1 aromatic rings. The van der Waals surface area contributed by atoms with Crippen LogP contribution in [-0.4, -0.2) is 31.6 Å². The van der Waals surface area contributed by atoms with Crippen LogP contribution in [0.1, 0.15) is 25.3 Å². The Hall–Kier alpha value is -1.63. The van der Waals surface area contributed by atoms with Crippen molar-refractivity contribution in [1.82, 2.24) is 0 Å². The van der Waals surface area contributed by atoms with Gasteiger partial charge in [0.1, 0.15) is 6.04 Å². The van der Waals surface area contributed by atoms with E-state index in [1.54, 1.807) is 18.2 Å². The Kier molecular flexibility index (Phi) is 9.40. The molecule has 0 aliphatic heterocycles. The standard InChI is InChI=1S/C15H23N3O3.ClH/c1-4-6-14(19)17-12-7-5-8-13(10(12)2)18-15(20)11(16)9-21-3;/h5,7-8,11H,4,6,9,16H2,1-3H3,(H,17,19)(H,18,20);1H. The highest BCUT2D eigenvalue weighted by Gasteiger charge is 2.15. The summed E-state index contributed by atoms with van der Waals surface area (Å²) in [5.74, 6) is -0.364. The minimum absolute atomic E-state index is 0. The van der Waals surface area contributed by atoms with Gasteiger partial charge in [-0.3, -0.25) is 9.59 Å². The van der Waals surface area contributed by atoms with Gasteiger partial charge in [0.15, 0.2) is 0 Å². The Morgan fingerprint density at radius 3 is 2.41 bits per heavy atom. The van der Waals surface area contributed by atoms with Gasteiger partial charge in [-0.25, -0.2) is 0 Å². The maximum absolute atomic E-state index is 11.9. The van der Waals surface area contributed by atoms with Gasteiger partial charge < -0.3 is 21.1 Å². The van der Waals surface area contributed by atoms with Crippen molar-refractivity contribution in [3.63, 3.8) is 0 Å². The van der Waals surface area contributed by atoms with Crippen LogP contribution in [0.25, 0.3) is 0 Å². The number of nitrogens with two attached hydrogens (primary N) is 1. The summed E-state index contributed by atoms with van der Waals surface area (Å²) >= 11 is 0. The molecule has 2 amide bonds. The van der Waals surface area contributed by atoms with Crippen molar-refractivity contribution in [1.29, 1.82) is 0 Å². The summed E-state index contributed by atoms with van der Waals surface area (Å²) in [5.41, 5.74) is 7.78. The van der Waals surface area contributed by atoms with Crippen molar-refractivity contribution < 1.29 is 14.3 Å². The molecular formula is C15H24ClN3O3. The molecule has 0 aromatic heterocycles. The highest BCUT2D eigenvalue weighted by Crippen LogP contribution is 2.23. The fraction of sp³-hybridized carbons (Fsp3) is 0.467. The zero-order valence-electron chi connectivity index (χ0n) is 13.1. The van der Waals surface area contributed by atoms with E-state index in [1.165, 1.54) is 7.11 Å². The molecule has 0 aliphatic carbocycles. The third-order valence-corrected chi connectivity index (χ3v) is 3.03. The summed E-state index contributed by atoms with van der Waals surface area (Å²) in [7, 11) is 1.49. The second kappa shape index (κ2) is 10.2. The van der Waals surface area contributed by atoms with Crippen LogP contribution in [0.4, 0.5) is 11.4 Å². The SMILES string of the molecule is CCCC(=O)Nc1cccc(NC(=O)C(N)COC)c1C.Cl. The summed E-state index contributed by atoms with van der Waals surface area (Å²) < 4.78 is 4.85. The third-order valence-electron chi connectivity index (χ3n) is 3.03. The van der Waals surface area contributed by atoms with Gasteiger partial charge in [0, 0.05) is 24.9 Å². The number of benzene rings is 1. The van der Waals surface area contributed by atoms with E-state index in [-0.39, 0.29) is 30.8 Å². The predicted molar refractivity (Wildman–Crippen MR) is 90.4 cm³/mol. The lowest BCUT2D eigenvalue weighted by Gasteiger charge is -2.15. The van der Waals surface area contributed by atoms with Gasteiger partial charge in [-0.15, -0.1) is 12.4 Å². The molecule has 1 aromatic carbocycles. The van der Waals surface area contributed by atoms with E-state index in [0.29, 0.717) is 17.8 Å². The second-order valence-electron chi connectivity index (χ2n) is 4.83. The number of carbonyl (C=O) groups is 2. The first-order chi connectivity index (χ1) is 9.99. The van der Waals surface area contributed by atoms with Gasteiger partial charge in [-0.05, 0) is 31.0 Å². The number of nitrogens with one attached hydrogen (secondary N) is 2. The van der Waals surface area contributed by atoms with E-state index < -0.39 is 6.04 Å². The van der Waals surface area contributed by atoms with Crippen molar-refractivity contribution in [3.8, 4) is 0 Å². The monoisotopic (exact) mass is 329 g/mol. The zero-order chi connectivity index (χ0) is 15.8. The normalized spacial score (nSPS) is 11.3. The van der Waals surface area contributed by atoms with Crippen LogP contribution in [0.5, 0.6) is 0 Å². The van der Waals surface area contributed by atoms with Crippen molar-refractivity contribution >= 4 is 35.6 Å². The molecule has 0 fully saturated rings. The number of halogens is 1. The van der Waals surface area contributed by atoms with E-state index in [4.69, 9.17) is 10.5 Å². The number of ether oxygens (including phenoxy) is 1. The molecule has 0 bridgehead atoms. The smallest absolute Gasteiger partial charge is 0.243 e. The first-order valence-corrected chi connectivity index (χ1v) is 6.94. The van der Waals surface area contributed by atoms with Crippen molar-refractivity contribution in [2.75, 3.05) is 24.4 Å². The summed E-state index contributed by atoms with van der Waals surface area (Å²) in [6.07, 6.45) is 1.25. The van der Waals surface area contributed by atoms with Crippen LogP contribution in [-0.2, 0) is 14.3 Å². The fourth-order valence-corrected chi connectivity index (χ4v) is 1.83. The van der Waals surface area contributed by atoms with Gasteiger partial charge in [0.05, 0.1) is 6.61 Å². The summed E-state index contributed by atoms with van der Waals surface area (Å²) in [4.78, 5) is 23.5. The molecule has 1 atom stereocenters. The lowest BCUT2D eigenvalue weighted by Crippen LogP contribution is -2.39. The van der Waals surface area contributed by atoms with Crippen LogP contribution < -0.4 is 16.4 Å². The molecule has 0 radical (unpaired) electrons. The molecule has 1 unspecified atom stereocenters. The minimum Gasteiger partial charge on any atom is -0.383 e. The van der Waals surface area contributed by atoms with E-state index in [0.717, 1.165) is 12.0 Å². The Morgan fingerprint density at radius 2 is 1.86 bits per heavy atom. The number of amides is 2. The third kappa shape index (κ3) is 6.01. The maximum atomic E-state index is 11.9. The highest BCUT2D eigenvalue weighted by molar-refractivity contribution is 5.97. The van der Waals surface area contributed by atoms with E-state index in [1.807, 2.05) is 13.8 Å². The average molecular weight is 330 g/mol. The molecule has 0 heterocycles. The molecule has 0 saturated heterocycles. The Balaban J connectivity index is 0.00000441. The molecular weight excluding hydrogens is 306 g/mol. The number of hydrogen-bond acceptors (Lipinski definition) is 4. The number of anilines is 2. The number of carbonyl (C=O) groups excluding carboxylic acids is 2. The highest BCUT2D eigenvalue weighted by atomic mass is 35.5. The lowest BCUT2D eigenvalue weighted by atomic mass is 10.1. The van der Waals surface area contributed by atoms with E-state index in [2.05, 4.69) is 10.6 Å². The van der Waals surface area contributed by atoms with Crippen LogP contribution >= 0.6 is 12.4 Å². The molecule has 0 saturated carbocycles. The molecule has 0 spiro atoms. The molecule has 4 N–H and O–H groups in total. The molecule has 7 heteroatoms. The average Bonchev–Trinajstić information content (AvgIpc) is 2.43. The van der Waals surface area contributed by atoms with Crippen molar-refractivity contribution in [3.05, 3.63) is 23.8 Å². The zero-order valence-corrected chi connectivity index (χ0v) is 14.0. The van der Waals surface area contributed by atoms with Crippen LogP contribution in [0.15, 0.2) is 18.2 Å². The van der Waals surface area contributed by atoms with Gasteiger partial charge in [-0.1, -0.05) is 13.0 Å². The minimum atomic E-state index is -0.729. The summed E-state index contributed by atoms with van der Waals surface area (Å²) in [6, 6.07) is 4.61. The summed E-state index contributed by atoms with van der Waals surface area (Å²) in [6.45, 7) is 3.93. The maximum Gasteiger partial charge on any atom is 0.243 e. The van der Waals surface area contributed by atoms with E-state index in [9.17, 15) is 9.59 Å². The number of hydrogen-bond donors (Lipinski definition) is 3. The molecule has 1 rings (SSSR count). The molecule has 124 valence electrons. The van der Waals surface area contributed by atoms with Crippen LogP contribution in [0.2, 0.25) is 0 Å². The fourth-order valence-electron chi connectivity index (χ4n) is 1.83. The molecule has 6 nitrogen and oxygen atoms in total. The van der Waals surface area contributed by atoms with Gasteiger partial charge in [-0.2, -0.15) is 0 Å². The summed E-state index contributed by atoms with van der Waals surface area (Å²) in [5, 5.41) is 5.58. The first-order valence-electron chi connectivity index (χ1n) is 6.94. The second-order valence-corrected chi connectivity index (χ2v) is 4.83. The number of rotatable bonds is 7. The Morgan fingerprint density at radius 1 is 1.27 bits per heavy atom. The Bertz CT molecular complexity index is 509. The van der Waals surface area contributed by atoms with Gasteiger partial charge in [0.2, 0.25) is 11.8 Å². The first kappa shape index (κ1) is 20.4. The predicted octanol–water partition coefficient (Wildman–Crippen LogP) is 2.07. The van der Waals surface area contributed by atoms with Gasteiger partial charge >= 0.3 is 0 Å². The van der Waals surface area contributed by atoms with E-state index >= 15 is 0 Å². The van der Waals surface area contributed by atoms with Crippen LogP contribution in [0, 0.1) is 6.92 Å². The van der Waals surface area contributed by atoms with Crippen molar-refractivity contribution in [2.24, 2.45) is 5.73 Å². The lowest BCUT2D eigenvalue weighted by molar-refractivity contribution is -0.118.